The molecule has 0 atom stereocenters. The van der Waals surface area contributed by atoms with Gasteiger partial charge in [0.2, 0.25) is 0 Å². The van der Waals surface area contributed by atoms with E-state index in [1.54, 1.807) is 0 Å². The zero-order valence-corrected chi connectivity index (χ0v) is 11.7. The highest BCUT2D eigenvalue weighted by Crippen LogP contribution is 2.44. The zero-order valence-electron chi connectivity index (χ0n) is 10.9. The second-order valence-corrected chi connectivity index (χ2v) is 6.08. The molecule has 1 aromatic heterocycles. The van der Waals surface area contributed by atoms with E-state index >= 15 is 0 Å². The van der Waals surface area contributed by atoms with Gasteiger partial charge in [0.1, 0.15) is 5.01 Å². The van der Waals surface area contributed by atoms with Crippen LogP contribution in [0.15, 0.2) is 24.3 Å². The molecule has 0 radical (unpaired) electrons. The van der Waals surface area contributed by atoms with Gasteiger partial charge in [0.25, 0.3) is 0 Å². The summed E-state index contributed by atoms with van der Waals surface area (Å²) in [7, 11) is 2.00. The maximum Gasteiger partial charge on any atom is 0.123 e. The molecule has 0 aliphatic heterocycles. The average molecular weight is 258 g/mol. The van der Waals surface area contributed by atoms with Gasteiger partial charge in [-0.15, -0.1) is 11.3 Å². The molecule has 1 heterocycles. The third kappa shape index (κ3) is 2.33. The Balaban J connectivity index is 1.96. The third-order valence-electron chi connectivity index (χ3n) is 3.33. The summed E-state index contributed by atoms with van der Waals surface area (Å²) in [4.78, 5) is 6.28. The third-order valence-corrected chi connectivity index (χ3v) is 4.45. The van der Waals surface area contributed by atoms with Crippen LogP contribution in [0.4, 0.5) is 0 Å². The van der Waals surface area contributed by atoms with Crippen molar-refractivity contribution in [3.8, 4) is 10.6 Å². The van der Waals surface area contributed by atoms with Gasteiger partial charge in [0.15, 0.2) is 0 Å². The lowest BCUT2D eigenvalue weighted by Gasteiger charge is -1.97. The van der Waals surface area contributed by atoms with Gasteiger partial charge in [-0.3, -0.25) is 0 Å². The van der Waals surface area contributed by atoms with E-state index in [1.165, 1.54) is 39.5 Å². The van der Waals surface area contributed by atoms with Gasteiger partial charge in [-0.25, -0.2) is 4.98 Å². The van der Waals surface area contributed by atoms with Gasteiger partial charge in [-0.05, 0) is 26.8 Å². The first-order valence-electron chi connectivity index (χ1n) is 6.49. The highest BCUT2D eigenvalue weighted by molar-refractivity contribution is 7.15. The minimum Gasteiger partial charge on any atom is -0.315 e. The van der Waals surface area contributed by atoms with Crippen LogP contribution < -0.4 is 5.32 Å². The van der Waals surface area contributed by atoms with Gasteiger partial charge in [-0.1, -0.05) is 29.8 Å². The molecule has 1 aliphatic rings. The molecule has 2 nitrogen and oxygen atoms in total. The predicted molar refractivity (Wildman–Crippen MR) is 77.0 cm³/mol. The number of nitrogens with one attached hydrogen (secondary N) is 1. The van der Waals surface area contributed by atoms with E-state index in [2.05, 4.69) is 36.5 Å². The fourth-order valence-corrected chi connectivity index (χ4v) is 3.31. The maximum atomic E-state index is 4.87. The van der Waals surface area contributed by atoms with E-state index < -0.39 is 0 Å². The molecule has 2 aromatic rings. The molecule has 3 heteroatoms. The van der Waals surface area contributed by atoms with Crippen LogP contribution in [0.3, 0.4) is 0 Å². The van der Waals surface area contributed by atoms with Gasteiger partial charge in [-0.2, -0.15) is 0 Å². The summed E-state index contributed by atoms with van der Waals surface area (Å²) in [6.07, 6.45) is 2.63. The molecular weight excluding hydrogens is 240 g/mol. The number of nitrogens with zero attached hydrogens (tertiary/aromatic N) is 1. The summed E-state index contributed by atoms with van der Waals surface area (Å²) in [6.45, 7) is 3.06. The van der Waals surface area contributed by atoms with E-state index in [1.807, 2.05) is 18.4 Å². The number of aryl methyl sites for hydroxylation is 1. The van der Waals surface area contributed by atoms with Crippen molar-refractivity contribution in [3.63, 3.8) is 0 Å². The molecule has 0 amide bonds. The summed E-state index contributed by atoms with van der Waals surface area (Å²) < 4.78 is 0. The normalized spacial score (nSPS) is 15.0. The number of hydrogen-bond donors (Lipinski definition) is 1. The first kappa shape index (κ1) is 11.9. The number of hydrogen-bond acceptors (Lipinski definition) is 3. The Kier molecular flexibility index (Phi) is 3.18. The molecule has 0 saturated heterocycles. The Hall–Kier alpha value is -1.19. The van der Waals surface area contributed by atoms with Crippen LogP contribution in [0, 0.1) is 6.92 Å². The summed E-state index contributed by atoms with van der Waals surface area (Å²) in [5.41, 5.74) is 3.88. The van der Waals surface area contributed by atoms with Gasteiger partial charge >= 0.3 is 0 Å². The van der Waals surface area contributed by atoms with Crippen molar-refractivity contribution in [2.45, 2.75) is 32.2 Å². The van der Waals surface area contributed by atoms with Crippen LogP contribution in [-0.4, -0.2) is 12.0 Å². The Labute approximate surface area is 112 Å². The lowest BCUT2D eigenvalue weighted by atomic mass is 10.1. The number of benzene rings is 1. The molecule has 0 spiro atoms. The number of aromatic nitrogens is 1. The van der Waals surface area contributed by atoms with Crippen molar-refractivity contribution in [2.75, 3.05) is 7.05 Å². The molecule has 94 valence electrons. The summed E-state index contributed by atoms with van der Waals surface area (Å²) in [5.74, 6) is 0.726. The van der Waals surface area contributed by atoms with Crippen molar-refractivity contribution >= 4 is 11.3 Å². The van der Waals surface area contributed by atoms with Crippen LogP contribution in [0.5, 0.6) is 0 Å². The van der Waals surface area contributed by atoms with Crippen molar-refractivity contribution in [2.24, 2.45) is 0 Å². The molecule has 1 aromatic carbocycles. The maximum absolute atomic E-state index is 4.87. The summed E-state index contributed by atoms with van der Waals surface area (Å²) in [5, 5.41) is 4.42. The van der Waals surface area contributed by atoms with Crippen LogP contribution in [0.2, 0.25) is 0 Å². The van der Waals surface area contributed by atoms with Crippen molar-refractivity contribution in [1.29, 1.82) is 0 Å². The van der Waals surface area contributed by atoms with E-state index in [9.17, 15) is 0 Å². The average Bonchev–Trinajstić information content (AvgIpc) is 3.13. The van der Waals surface area contributed by atoms with Gasteiger partial charge in [0.05, 0.1) is 5.69 Å². The van der Waals surface area contributed by atoms with Crippen molar-refractivity contribution in [3.05, 3.63) is 40.4 Å². The first-order valence-corrected chi connectivity index (χ1v) is 7.31. The quantitative estimate of drug-likeness (QED) is 0.904. The molecule has 0 bridgehead atoms. The molecule has 3 rings (SSSR count). The molecule has 1 N–H and O–H groups in total. The Morgan fingerprint density at radius 1 is 1.28 bits per heavy atom. The van der Waals surface area contributed by atoms with E-state index in [-0.39, 0.29) is 0 Å². The smallest absolute Gasteiger partial charge is 0.123 e. The molecular formula is C15H18N2S. The summed E-state index contributed by atoms with van der Waals surface area (Å²) >= 11 is 1.84. The van der Waals surface area contributed by atoms with Gasteiger partial charge in [0, 0.05) is 22.9 Å². The Morgan fingerprint density at radius 3 is 2.61 bits per heavy atom. The van der Waals surface area contributed by atoms with Crippen LogP contribution in [-0.2, 0) is 6.54 Å². The first-order chi connectivity index (χ1) is 8.78. The lowest BCUT2D eigenvalue weighted by Crippen LogP contribution is -2.05. The molecule has 1 fully saturated rings. The van der Waals surface area contributed by atoms with Gasteiger partial charge < -0.3 is 5.32 Å². The van der Waals surface area contributed by atoms with Crippen LogP contribution in [0.25, 0.3) is 10.6 Å². The predicted octanol–water partition coefficient (Wildman–Crippen LogP) is 3.72. The second kappa shape index (κ2) is 4.82. The molecule has 0 unspecified atom stereocenters. The van der Waals surface area contributed by atoms with E-state index in [0.717, 1.165) is 12.5 Å². The SMILES string of the molecule is CNCc1sc(-c2ccc(C)cc2)nc1C1CC1. The largest absolute Gasteiger partial charge is 0.315 e. The Bertz CT molecular complexity index is 538. The Morgan fingerprint density at radius 2 is 2.00 bits per heavy atom. The molecule has 1 aliphatic carbocycles. The zero-order chi connectivity index (χ0) is 12.5. The highest BCUT2D eigenvalue weighted by atomic mass is 32.1. The van der Waals surface area contributed by atoms with Crippen LogP contribution >= 0.6 is 11.3 Å². The fourth-order valence-electron chi connectivity index (χ4n) is 2.15. The topological polar surface area (TPSA) is 24.9 Å². The van der Waals surface area contributed by atoms with Crippen LogP contribution in [0.1, 0.15) is 34.9 Å². The minimum absolute atomic E-state index is 0.726. The fraction of sp³-hybridized carbons (Fsp3) is 0.400. The lowest BCUT2D eigenvalue weighted by molar-refractivity contribution is 0.813. The monoisotopic (exact) mass is 258 g/mol. The minimum atomic E-state index is 0.726. The molecule has 1 saturated carbocycles. The standard InChI is InChI=1S/C15H18N2S/c1-10-3-5-12(6-4-10)15-17-14(11-7-8-11)13(18-15)9-16-2/h3-6,11,16H,7-9H2,1-2H3. The van der Waals surface area contributed by atoms with Crippen molar-refractivity contribution in [1.82, 2.24) is 10.3 Å². The summed E-state index contributed by atoms with van der Waals surface area (Å²) in [6, 6.07) is 8.67. The highest BCUT2D eigenvalue weighted by Gasteiger charge is 2.29. The van der Waals surface area contributed by atoms with E-state index in [0.29, 0.717) is 0 Å². The van der Waals surface area contributed by atoms with Crippen molar-refractivity contribution < 1.29 is 0 Å². The number of thiazole rings is 1. The van der Waals surface area contributed by atoms with E-state index in [4.69, 9.17) is 4.98 Å². The second-order valence-electron chi connectivity index (χ2n) is 5.00. The molecule has 18 heavy (non-hydrogen) atoms. The number of rotatable bonds is 4.